The minimum atomic E-state index is -4.42. The van der Waals surface area contributed by atoms with E-state index < -0.39 is 17.2 Å². The zero-order valence-corrected chi connectivity index (χ0v) is 16.2. The maximum absolute atomic E-state index is 13.2. The van der Waals surface area contributed by atoms with Crippen molar-refractivity contribution in [2.45, 2.75) is 32.0 Å². The molecule has 1 aliphatic heterocycles. The number of alkyl halides is 3. The predicted octanol–water partition coefficient (Wildman–Crippen LogP) is 4.42. The van der Waals surface area contributed by atoms with Gasteiger partial charge >= 0.3 is 6.18 Å². The number of rotatable bonds is 5. The predicted molar refractivity (Wildman–Crippen MR) is 103 cm³/mol. The van der Waals surface area contributed by atoms with E-state index in [1.54, 1.807) is 18.2 Å². The highest BCUT2D eigenvalue weighted by Gasteiger charge is 2.40. The van der Waals surface area contributed by atoms with Crippen molar-refractivity contribution in [1.29, 1.82) is 0 Å². The second-order valence-corrected chi connectivity index (χ2v) is 7.77. The van der Waals surface area contributed by atoms with Gasteiger partial charge in [0.25, 0.3) is 0 Å². The number of nitrogens with one attached hydrogen (secondary N) is 1. The van der Waals surface area contributed by atoms with Crippen LogP contribution in [0.3, 0.4) is 0 Å². The lowest BCUT2D eigenvalue weighted by Crippen LogP contribution is -2.49. The molecule has 1 amide bonds. The van der Waals surface area contributed by atoms with Crippen LogP contribution in [0.15, 0.2) is 48.5 Å². The Morgan fingerprint density at radius 1 is 1.07 bits per heavy atom. The van der Waals surface area contributed by atoms with Crippen LogP contribution >= 0.6 is 0 Å². The number of carbonyl (C=O) groups is 1. The van der Waals surface area contributed by atoms with Gasteiger partial charge < -0.3 is 10.2 Å². The Hall–Kier alpha value is -2.41. The summed E-state index contributed by atoms with van der Waals surface area (Å²) >= 11 is 0. The highest BCUT2D eigenvalue weighted by molar-refractivity contribution is 5.83. The highest BCUT2D eigenvalue weighted by Crippen LogP contribution is 2.35. The molecule has 156 valence electrons. The van der Waals surface area contributed by atoms with E-state index in [-0.39, 0.29) is 18.3 Å². The Bertz CT molecular complexity index is 841. The molecule has 2 aromatic carbocycles. The molecule has 3 nitrogen and oxygen atoms in total. The first kappa shape index (κ1) is 21.3. The molecule has 1 aliphatic rings. The van der Waals surface area contributed by atoms with Gasteiger partial charge in [-0.3, -0.25) is 4.79 Å². The molecule has 7 heteroatoms. The Morgan fingerprint density at radius 3 is 2.34 bits per heavy atom. The molecular formula is C22H24F4N2O. The molecule has 0 aromatic heterocycles. The molecule has 29 heavy (non-hydrogen) atoms. The lowest BCUT2D eigenvalue weighted by Gasteiger charge is -2.39. The summed E-state index contributed by atoms with van der Waals surface area (Å²) in [5.41, 5.74) is -0.126. The van der Waals surface area contributed by atoms with Crippen molar-refractivity contribution in [3.63, 3.8) is 0 Å². The standard InChI is InChI=1S/C22H24F4N2O/c1-28-11-9-21(10-12-28,14-16-5-7-19(23)8-6-16)20(29)27-15-17-3-2-4-18(13-17)22(24,25)26/h2-8,13H,9-12,14-15H2,1H3,(H,27,29). The van der Waals surface area contributed by atoms with Crippen LogP contribution in [0.25, 0.3) is 0 Å². The number of amides is 1. The van der Waals surface area contributed by atoms with E-state index in [2.05, 4.69) is 10.2 Å². The second-order valence-electron chi connectivity index (χ2n) is 7.77. The first-order chi connectivity index (χ1) is 13.7. The molecule has 0 saturated carbocycles. The van der Waals surface area contributed by atoms with Crippen LogP contribution in [0.4, 0.5) is 17.6 Å². The first-order valence-electron chi connectivity index (χ1n) is 9.55. The molecule has 0 aliphatic carbocycles. The van der Waals surface area contributed by atoms with Crippen molar-refractivity contribution in [3.05, 3.63) is 71.0 Å². The molecule has 0 atom stereocenters. The van der Waals surface area contributed by atoms with Crippen LogP contribution in [0, 0.1) is 11.2 Å². The summed E-state index contributed by atoms with van der Waals surface area (Å²) in [7, 11) is 1.99. The third kappa shape index (κ3) is 5.35. The largest absolute Gasteiger partial charge is 0.416 e. The zero-order valence-electron chi connectivity index (χ0n) is 16.2. The molecule has 3 rings (SSSR count). The van der Waals surface area contributed by atoms with E-state index in [1.165, 1.54) is 18.2 Å². The summed E-state index contributed by atoms with van der Waals surface area (Å²) in [6, 6.07) is 11.1. The van der Waals surface area contributed by atoms with Crippen molar-refractivity contribution < 1.29 is 22.4 Å². The summed E-state index contributed by atoms with van der Waals surface area (Å²) in [6.07, 6.45) is -2.68. The van der Waals surface area contributed by atoms with E-state index >= 15 is 0 Å². The van der Waals surface area contributed by atoms with Gasteiger partial charge in [0.15, 0.2) is 0 Å². The Morgan fingerprint density at radius 2 is 1.72 bits per heavy atom. The molecule has 1 fully saturated rings. The first-order valence-corrected chi connectivity index (χ1v) is 9.55. The van der Waals surface area contributed by atoms with E-state index in [9.17, 15) is 22.4 Å². The Labute approximate surface area is 167 Å². The number of halogens is 4. The van der Waals surface area contributed by atoms with Gasteiger partial charge in [0.1, 0.15) is 5.82 Å². The van der Waals surface area contributed by atoms with Gasteiger partial charge in [-0.05, 0) is 74.8 Å². The molecule has 1 N–H and O–H groups in total. The summed E-state index contributed by atoms with van der Waals surface area (Å²) in [5.74, 6) is -0.507. The van der Waals surface area contributed by atoms with Crippen LogP contribution in [0.5, 0.6) is 0 Å². The normalized spacial score (nSPS) is 17.1. The monoisotopic (exact) mass is 408 g/mol. The molecule has 2 aromatic rings. The SMILES string of the molecule is CN1CCC(Cc2ccc(F)cc2)(C(=O)NCc2cccc(C(F)(F)F)c2)CC1. The van der Waals surface area contributed by atoms with E-state index in [1.807, 2.05) is 7.05 Å². The fraction of sp³-hybridized carbons (Fsp3) is 0.409. The van der Waals surface area contributed by atoms with Gasteiger partial charge in [0.05, 0.1) is 11.0 Å². The number of piperidine rings is 1. The van der Waals surface area contributed by atoms with Crippen molar-refractivity contribution >= 4 is 5.91 Å². The lowest BCUT2D eigenvalue weighted by atomic mass is 9.73. The summed E-state index contributed by atoms with van der Waals surface area (Å²) in [5, 5.41) is 2.84. The maximum Gasteiger partial charge on any atom is 0.416 e. The van der Waals surface area contributed by atoms with Gasteiger partial charge in [-0.1, -0.05) is 24.3 Å². The summed E-state index contributed by atoms with van der Waals surface area (Å²) in [6.45, 7) is 1.53. The van der Waals surface area contributed by atoms with Crippen molar-refractivity contribution in [2.75, 3.05) is 20.1 Å². The van der Waals surface area contributed by atoms with Crippen LogP contribution < -0.4 is 5.32 Å². The van der Waals surface area contributed by atoms with Crippen molar-refractivity contribution in [3.8, 4) is 0 Å². The number of benzene rings is 2. The van der Waals surface area contributed by atoms with Crippen molar-refractivity contribution in [2.24, 2.45) is 5.41 Å². The number of hydrogen-bond donors (Lipinski definition) is 1. The van der Waals surface area contributed by atoms with Gasteiger partial charge in [-0.15, -0.1) is 0 Å². The number of nitrogens with zero attached hydrogens (tertiary/aromatic N) is 1. The maximum atomic E-state index is 13.2. The molecule has 1 saturated heterocycles. The molecular weight excluding hydrogens is 384 g/mol. The van der Waals surface area contributed by atoms with E-state index in [0.29, 0.717) is 24.8 Å². The van der Waals surface area contributed by atoms with Gasteiger partial charge in [0, 0.05) is 6.54 Å². The van der Waals surface area contributed by atoms with Crippen LogP contribution in [0.1, 0.15) is 29.5 Å². The number of carbonyl (C=O) groups excluding carboxylic acids is 1. The minimum absolute atomic E-state index is 0.0315. The third-order valence-electron chi connectivity index (χ3n) is 5.59. The minimum Gasteiger partial charge on any atom is -0.352 e. The number of hydrogen-bond acceptors (Lipinski definition) is 2. The smallest absolute Gasteiger partial charge is 0.352 e. The lowest BCUT2D eigenvalue weighted by molar-refractivity contribution is -0.137. The topological polar surface area (TPSA) is 32.3 Å². The number of likely N-dealkylation sites (tertiary alicyclic amines) is 1. The fourth-order valence-electron chi connectivity index (χ4n) is 3.75. The van der Waals surface area contributed by atoms with Crippen LogP contribution in [-0.2, 0) is 23.9 Å². The average molecular weight is 408 g/mol. The van der Waals surface area contributed by atoms with E-state index in [4.69, 9.17) is 0 Å². The zero-order chi connectivity index (χ0) is 21.1. The molecule has 0 bridgehead atoms. The molecule has 0 unspecified atom stereocenters. The van der Waals surface area contributed by atoms with Gasteiger partial charge in [-0.2, -0.15) is 13.2 Å². The van der Waals surface area contributed by atoms with Crippen LogP contribution in [-0.4, -0.2) is 30.9 Å². The van der Waals surface area contributed by atoms with Crippen molar-refractivity contribution in [1.82, 2.24) is 10.2 Å². The molecule has 0 spiro atoms. The second kappa shape index (κ2) is 8.53. The summed E-state index contributed by atoms with van der Waals surface area (Å²) in [4.78, 5) is 15.3. The molecule has 1 heterocycles. The van der Waals surface area contributed by atoms with E-state index in [0.717, 1.165) is 30.8 Å². The summed E-state index contributed by atoms with van der Waals surface area (Å²) < 4.78 is 52.0. The average Bonchev–Trinajstić information content (AvgIpc) is 2.69. The highest BCUT2D eigenvalue weighted by atomic mass is 19.4. The Kier molecular flexibility index (Phi) is 6.27. The fourth-order valence-corrected chi connectivity index (χ4v) is 3.75. The molecule has 0 radical (unpaired) electrons. The van der Waals surface area contributed by atoms with Gasteiger partial charge in [-0.25, -0.2) is 4.39 Å². The quantitative estimate of drug-likeness (QED) is 0.743. The van der Waals surface area contributed by atoms with Gasteiger partial charge in [0.2, 0.25) is 5.91 Å². The van der Waals surface area contributed by atoms with Crippen LogP contribution in [0.2, 0.25) is 0 Å². The third-order valence-corrected chi connectivity index (χ3v) is 5.59. The Balaban J connectivity index is 1.74.